The number of thiazole rings is 2. The van der Waals surface area contributed by atoms with E-state index in [1.54, 1.807) is 6.20 Å². The lowest BCUT2D eigenvalue weighted by Gasteiger charge is -2.38. The summed E-state index contributed by atoms with van der Waals surface area (Å²) in [7, 11) is 2.05. The van der Waals surface area contributed by atoms with E-state index in [9.17, 15) is 14.4 Å². The topological polar surface area (TPSA) is 134 Å². The van der Waals surface area contributed by atoms with Gasteiger partial charge in [-0.15, -0.1) is 35.1 Å². The van der Waals surface area contributed by atoms with Crippen LogP contribution in [0.3, 0.4) is 0 Å². The molecule has 31 heavy (non-hydrogen) atoms. The highest BCUT2D eigenvalue weighted by Gasteiger charge is 2.34. The number of nitrogens with two attached hydrogens (primary N) is 1. The summed E-state index contributed by atoms with van der Waals surface area (Å²) in [4.78, 5) is 50.2. The number of halogens is 1. The SMILES string of the molecule is CN1CCc2nc(C(=O)N[C@@H]3CN(c4nccs4)CC[C@@H]3NC(=O)C(N)=O)sc2C1.Cl. The van der Waals surface area contributed by atoms with Crippen molar-refractivity contribution < 1.29 is 14.4 Å². The highest BCUT2D eigenvalue weighted by atomic mass is 35.5. The molecule has 1 fully saturated rings. The third-order valence-electron chi connectivity index (χ3n) is 5.28. The van der Waals surface area contributed by atoms with Crippen LogP contribution in [0.1, 0.15) is 26.8 Å². The lowest BCUT2D eigenvalue weighted by Crippen LogP contribution is -2.61. The maximum absolute atomic E-state index is 13.0. The Morgan fingerprint density at radius 3 is 2.74 bits per heavy atom. The second-order valence-corrected chi connectivity index (χ2v) is 9.41. The molecule has 4 rings (SSSR count). The molecule has 2 aromatic heterocycles. The smallest absolute Gasteiger partial charge is 0.309 e. The molecule has 2 aliphatic rings. The van der Waals surface area contributed by atoms with Gasteiger partial charge in [-0.05, 0) is 13.5 Å². The first-order valence-electron chi connectivity index (χ1n) is 9.63. The van der Waals surface area contributed by atoms with Crippen LogP contribution in [0, 0.1) is 0 Å². The number of likely N-dealkylation sites (N-methyl/N-ethyl adjacent to an activating group) is 1. The first kappa shape index (κ1) is 23.4. The monoisotopic (exact) mass is 485 g/mol. The number of carbonyl (C=O) groups is 3. The zero-order chi connectivity index (χ0) is 21.3. The molecule has 2 atom stereocenters. The van der Waals surface area contributed by atoms with Gasteiger partial charge in [0.2, 0.25) is 0 Å². The Hall–Kier alpha value is -2.28. The summed E-state index contributed by atoms with van der Waals surface area (Å²) in [6.45, 7) is 2.81. The number of aromatic nitrogens is 2. The normalized spacial score (nSPS) is 21.0. The van der Waals surface area contributed by atoms with Crippen molar-refractivity contribution in [2.24, 2.45) is 5.73 Å². The molecule has 0 unspecified atom stereocenters. The first-order valence-corrected chi connectivity index (χ1v) is 11.3. The van der Waals surface area contributed by atoms with E-state index < -0.39 is 23.9 Å². The van der Waals surface area contributed by atoms with Crippen molar-refractivity contribution in [2.45, 2.75) is 31.5 Å². The van der Waals surface area contributed by atoms with Crippen molar-refractivity contribution in [1.82, 2.24) is 25.5 Å². The number of nitrogens with zero attached hydrogens (tertiary/aromatic N) is 4. The van der Waals surface area contributed by atoms with Crippen LogP contribution in [-0.4, -0.2) is 71.4 Å². The number of anilines is 1. The van der Waals surface area contributed by atoms with E-state index >= 15 is 0 Å². The molecule has 4 N–H and O–H groups in total. The van der Waals surface area contributed by atoms with Gasteiger partial charge in [0.05, 0.1) is 17.8 Å². The van der Waals surface area contributed by atoms with Gasteiger partial charge in [-0.1, -0.05) is 0 Å². The average molecular weight is 486 g/mol. The van der Waals surface area contributed by atoms with Gasteiger partial charge in [-0.2, -0.15) is 0 Å². The van der Waals surface area contributed by atoms with Crippen LogP contribution >= 0.6 is 35.1 Å². The van der Waals surface area contributed by atoms with Crippen molar-refractivity contribution in [2.75, 3.05) is 31.6 Å². The predicted molar refractivity (Wildman–Crippen MR) is 121 cm³/mol. The Labute approximate surface area is 193 Å². The highest BCUT2D eigenvalue weighted by molar-refractivity contribution is 7.14. The highest BCUT2D eigenvalue weighted by Crippen LogP contribution is 2.26. The van der Waals surface area contributed by atoms with Crippen LogP contribution in [-0.2, 0) is 22.6 Å². The molecule has 2 aliphatic heterocycles. The second kappa shape index (κ2) is 9.90. The Morgan fingerprint density at radius 1 is 1.23 bits per heavy atom. The van der Waals surface area contributed by atoms with Gasteiger partial charge in [0, 0.05) is 49.1 Å². The number of rotatable bonds is 4. The maximum Gasteiger partial charge on any atom is 0.309 e. The fourth-order valence-corrected chi connectivity index (χ4v) is 5.48. The van der Waals surface area contributed by atoms with E-state index in [1.807, 2.05) is 12.4 Å². The molecule has 168 valence electrons. The fourth-order valence-electron chi connectivity index (χ4n) is 3.71. The summed E-state index contributed by atoms with van der Waals surface area (Å²) in [5.74, 6) is -2.17. The molecule has 13 heteroatoms. The zero-order valence-corrected chi connectivity index (χ0v) is 19.3. The van der Waals surface area contributed by atoms with E-state index in [-0.39, 0.29) is 18.3 Å². The lowest BCUT2D eigenvalue weighted by molar-refractivity contribution is -0.137. The third-order valence-corrected chi connectivity index (χ3v) is 7.19. The van der Waals surface area contributed by atoms with Gasteiger partial charge in [-0.3, -0.25) is 14.4 Å². The second-order valence-electron chi connectivity index (χ2n) is 7.45. The average Bonchev–Trinajstić information content (AvgIpc) is 3.38. The number of amides is 3. The van der Waals surface area contributed by atoms with Gasteiger partial charge in [0.15, 0.2) is 10.1 Å². The predicted octanol–water partition coefficient (Wildman–Crippen LogP) is -0.0119. The Bertz CT molecular complexity index is 952. The number of primary amides is 1. The molecule has 0 aromatic carbocycles. The third kappa shape index (κ3) is 5.32. The summed E-state index contributed by atoms with van der Waals surface area (Å²) in [5.41, 5.74) is 6.07. The molecule has 0 saturated carbocycles. The van der Waals surface area contributed by atoms with E-state index in [0.29, 0.717) is 24.5 Å². The van der Waals surface area contributed by atoms with Gasteiger partial charge >= 0.3 is 11.8 Å². The van der Waals surface area contributed by atoms with Crippen LogP contribution in [0.15, 0.2) is 11.6 Å². The number of piperidine rings is 1. The van der Waals surface area contributed by atoms with Crippen molar-refractivity contribution >= 4 is 57.9 Å². The summed E-state index contributed by atoms with van der Waals surface area (Å²) < 4.78 is 0. The minimum Gasteiger partial charge on any atom is -0.361 e. The van der Waals surface area contributed by atoms with E-state index in [0.717, 1.165) is 35.2 Å². The number of carbonyl (C=O) groups excluding carboxylic acids is 3. The Balaban J connectivity index is 0.00000272. The van der Waals surface area contributed by atoms with Crippen molar-refractivity contribution in [1.29, 1.82) is 0 Å². The van der Waals surface area contributed by atoms with E-state index in [4.69, 9.17) is 5.73 Å². The van der Waals surface area contributed by atoms with Gasteiger partial charge < -0.3 is 26.2 Å². The molecular formula is C18H24ClN7O3S2. The lowest BCUT2D eigenvalue weighted by atomic mass is 9.99. The number of nitrogens with one attached hydrogen (secondary N) is 2. The number of hydrogen-bond acceptors (Lipinski definition) is 9. The number of hydrogen-bond donors (Lipinski definition) is 3. The fraction of sp³-hybridized carbons (Fsp3) is 0.500. The summed E-state index contributed by atoms with van der Waals surface area (Å²) >= 11 is 2.92. The maximum atomic E-state index is 13.0. The van der Waals surface area contributed by atoms with Gasteiger partial charge in [0.1, 0.15) is 0 Å². The number of fused-ring (bicyclic) bond motifs is 1. The summed E-state index contributed by atoms with van der Waals surface area (Å²) in [5, 5.41) is 8.81. The Morgan fingerprint density at radius 2 is 2.03 bits per heavy atom. The molecule has 3 amide bonds. The van der Waals surface area contributed by atoms with Crippen molar-refractivity contribution in [3.63, 3.8) is 0 Å². The van der Waals surface area contributed by atoms with Crippen LogP contribution in [0.2, 0.25) is 0 Å². The standard InChI is InChI=1S/C18H23N7O3S2.ClH/c1-24-5-2-11-13(9-24)30-17(23-11)16(28)22-12-8-25(18-20-4-7-29-18)6-3-10(12)21-15(27)14(19)26;/h4,7,10,12H,2-3,5-6,8-9H2,1H3,(H2,19,26)(H,21,27)(H,22,28);1H/t10-,12+;/m0./s1. The van der Waals surface area contributed by atoms with Crippen LogP contribution < -0.4 is 21.3 Å². The largest absolute Gasteiger partial charge is 0.361 e. The van der Waals surface area contributed by atoms with Gasteiger partial charge in [-0.25, -0.2) is 9.97 Å². The Kier molecular flexibility index (Phi) is 7.46. The molecule has 0 bridgehead atoms. The molecule has 0 aliphatic carbocycles. The molecule has 1 saturated heterocycles. The minimum absolute atomic E-state index is 0. The van der Waals surface area contributed by atoms with E-state index in [1.165, 1.54) is 22.7 Å². The van der Waals surface area contributed by atoms with Crippen molar-refractivity contribution in [3.05, 3.63) is 27.2 Å². The molecule has 4 heterocycles. The van der Waals surface area contributed by atoms with Gasteiger partial charge in [0.25, 0.3) is 5.91 Å². The first-order chi connectivity index (χ1) is 14.4. The molecule has 0 spiro atoms. The minimum atomic E-state index is -1.04. The van der Waals surface area contributed by atoms with Crippen LogP contribution in [0.4, 0.5) is 5.13 Å². The summed E-state index contributed by atoms with van der Waals surface area (Å²) in [6, 6.07) is -0.826. The quantitative estimate of drug-likeness (QED) is 0.518. The molecule has 10 nitrogen and oxygen atoms in total. The van der Waals surface area contributed by atoms with Crippen LogP contribution in [0.25, 0.3) is 0 Å². The molecule has 0 radical (unpaired) electrons. The van der Waals surface area contributed by atoms with Crippen LogP contribution in [0.5, 0.6) is 0 Å². The molecular weight excluding hydrogens is 462 g/mol. The zero-order valence-electron chi connectivity index (χ0n) is 16.9. The van der Waals surface area contributed by atoms with Crippen molar-refractivity contribution in [3.8, 4) is 0 Å². The molecule has 2 aromatic rings. The summed E-state index contributed by atoms with van der Waals surface area (Å²) in [6.07, 6.45) is 3.10. The van der Waals surface area contributed by atoms with E-state index in [2.05, 4.69) is 30.4 Å².